The van der Waals surface area contributed by atoms with Crippen LogP contribution in [0.5, 0.6) is 0 Å². The van der Waals surface area contributed by atoms with Crippen molar-refractivity contribution >= 4 is 17.3 Å². The zero-order valence-electron chi connectivity index (χ0n) is 17.7. The first-order chi connectivity index (χ1) is 14.5. The molecule has 0 radical (unpaired) electrons. The first kappa shape index (κ1) is 20.8. The Bertz CT molecular complexity index is 1050. The number of halogens is 1. The zero-order valence-corrected chi connectivity index (χ0v) is 18.5. The van der Waals surface area contributed by atoms with E-state index in [1.165, 1.54) is 21.5 Å². The summed E-state index contributed by atoms with van der Waals surface area (Å²) in [6, 6.07) is 16.3. The van der Waals surface area contributed by atoms with Crippen LogP contribution >= 0.6 is 11.6 Å². The molecule has 1 fully saturated rings. The topological polar surface area (TPSA) is 44.3 Å². The fourth-order valence-corrected chi connectivity index (χ4v) is 4.24. The van der Waals surface area contributed by atoms with Crippen LogP contribution in [0.25, 0.3) is 5.69 Å². The molecule has 0 spiro atoms. The molecule has 1 aliphatic heterocycles. The van der Waals surface area contributed by atoms with Crippen LogP contribution in [-0.4, -0.2) is 47.4 Å². The zero-order chi connectivity index (χ0) is 21.1. The molecule has 158 valence electrons. The van der Waals surface area contributed by atoms with Crippen molar-refractivity contribution in [3.63, 3.8) is 0 Å². The van der Waals surface area contributed by atoms with E-state index in [0.29, 0.717) is 5.02 Å². The Hall–Kier alpha value is -2.50. The molecule has 2 heterocycles. The molecule has 1 N–H and O–H groups in total. The van der Waals surface area contributed by atoms with Gasteiger partial charge in [0, 0.05) is 31.9 Å². The lowest BCUT2D eigenvalue weighted by Crippen LogP contribution is -2.46. The van der Waals surface area contributed by atoms with Gasteiger partial charge in [-0.25, -0.2) is 4.68 Å². The standard InChI is InChI=1S/C24H29ClN4O/c1-18-10-11-21(17-19(18)2)28-15-13-27(14-16-28)12-6-9-22-23(25)24(30)29(26-22)20-7-4-3-5-8-20/h3-5,7-8,10-11,17,26H,6,9,12-16H2,1-2H3. The van der Waals surface area contributed by atoms with Crippen molar-refractivity contribution in [2.45, 2.75) is 26.7 Å². The Kier molecular flexibility index (Phi) is 6.30. The molecular formula is C24H29ClN4O. The summed E-state index contributed by atoms with van der Waals surface area (Å²) in [4.78, 5) is 17.4. The van der Waals surface area contributed by atoms with Gasteiger partial charge in [-0.1, -0.05) is 35.9 Å². The van der Waals surface area contributed by atoms with Gasteiger partial charge in [0.1, 0.15) is 5.02 Å². The van der Waals surface area contributed by atoms with Gasteiger partial charge < -0.3 is 4.90 Å². The Morgan fingerprint density at radius 3 is 2.37 bits per heavy atom. The highest BCUT2D eigenvalue weighted by atomic mass is 35.5. The monoisotopic (exact) mass is 424 g/mol. The number of aromatic nitrogens is 2. The fourth-order valence-electron chi connectivity index (χ4n) is 4.02. The summed E-state index contributed by atoms with van der Waals surface area (Å²) in [6.07, 6.45) is 1.74. The van der Waals surface area contributed by atoms with Crippen LogP contribution in [0, 0.1) is 13.8 Å². The average Bonchev–Trinajstić information content (AvgIpc) is 3.05. The van der Waals surface area contributed by atoms with E-state index in [9.17, 15) is 4.79 Å². The largest absolute Gasteiger partial charge is 0.369 e. The summed E-state index contributed by atoms with van der Waals surface area (Å²) < 4.78 is 1.53. The number of nitrogens with one attached hydrogen (secondary N) is 1. The van der Waals surface area contributed by atoms with E-state index >= 15 is 0 Å². The van der Waals surface area contributed by atoms with Crippen LogP contribution in [0.15, 0.2) is 53.3 Å². The van der Waals surface area contributed by atoms with Gasteiger partial charge in [0.05, 0.1) is 11.4 Å². The molecule has 4 rings (SSSR count). The Labute approximate surface area is 182 Å². The summed E-state index contributed by atoms with van der Waals surface area (Å²) in [5.74, 6) is 0. The van der Waals surface area contributed by atoms with Crippen molar-refractivity contribution in [1.82, 2.24) is 14.7 Å². The number of hydrogen-bond acceptors (Lipinski definition) is 3. The predicted octanol–water partition coefficient (Wildman–Crippen LogP) is 4.19. The number of hydrogen-bond donors (Lipinski definition) is 1. The smallest absolute Gasteiger partial charge is 0.290 e. The molecule has 0 bridgehead atoms. The molecule has 1 aliphatic rings. The van der Waals surface area contributed by atoms with Crippen molar-refractivity contribution in [2.75, 3.05) is 37.6 Å². The Morgan fingerprint density at radius 2 is 1.67 bits per heavy atom. The van der Waals surface area contributed by atoms with Crippen LogP contribution < -0.4 is 10.5 Å². The number of aromatic amines is 1. The third-order valence-corrected chi connectivity index (χ3v) is 6.44. The van der Waals surface area contributed by atoms with Crippen LogP contribution in [0.1, 0.15) is 23.2 Å². The maximum absolute atomic E-state index is 12.5. The first-order valence-corrected chi connectivity index (χ1v) is 11.0. The van der Waals surface area contributed by atoms with Gasteiger partial charge in [-0.15, -0.1) is 0 Å². The number of rotatable bonds is 6. The van der Waals surface area contributed by atoms with Gasteiger partial charge in [0.15, 0.2) is 0 Å². The average molecular weight is 425 g/mol. The molecule has 0 saturated carbocycles. The van der Waals surface area contributed by atoms with Gasteiger partial charge in [-0.3, -0.25) is 14.8 Å². The highest BCUT2D eigenvalue weighted by Crippen LogP contribution is 2.20. The number of aryl methyl sites for hydroxylation is 3. The van der Waals surface area contributed by atoms with Crippen molar-refractivity contribution in [3.8, 4) is 5.69 Å². The molecule has 30 heavy (non-hydrogen) atoms. The summed E-state index contributed by atoms with van der Waals surface area (Å²) in [6.45, 7) is 9.55. The normalized spacial score (nSPS) is 15.0. The van der Waals surface area contributed by atoms with Crippen molar-refractivity contribution in [3.05, 3.63) is 80.7 Å². The van der Waals surface area contributed by atoms with E-state index in [0.717, 1.165) is 56.9 Å². The van der Waals surface area contributed by atoms with Gasteiger partial charge in [0.25, 0.3) is 5.56 Å². The van der Waals surface area contributed by atoms with E-state index in [1.54, 1.807) is 0 Å². The third-order valence-electron chi connectivity index (χ3n) is 6.05. The molecular weight excluding hydrogens is 396 g/mol. The quantitative estimate of drug-likeness (QED) is 0.645. The SMILES string of the molecule is Cc1ccc(N2CCN(CCCc3[nH]n(-c4ccccc4)c(=O)c3Cl)CC2)cc1C. The van der Waals surface area contributed by atoms with E-state index in [1.807, 2.05) is 30.3 Å². The second-order valence-corrected chi connectivity index (χ2v) is 8.46. The summed E-state index contributed by atoms with van der Waals surface area (Å²) in [7, 11) is 0. The Balaban J connectivity index is 1.30. The van der Waals surface area contributed by atoms with Crippen molar-refractivity contribution in [2.24, 2.45) is 0 Å². The first-order valence-electron chi connectivity index (χ1n) is 10.6. The lowest BCUT2D eigenvalue weighted by molar-refractivity contribution is 0.255. The van der Waals surface area contributed by atoms with Gasteiger partial charge in [-0.2, -0.15) is 0 Å². The van der Waals surface area contributed by atoms with E-state index < -0.39 is 0 Å². The molecule has 0 amide bonds. The van der Waals surface area contributed by atoms with Gasteiger partial charge in [-0.05, 0) is 68.6 Å². The number of para-hydroxylation sites is 1. The molecule has 5 nitrogen and oxygen atoms in total. The highest BCUT2D eigenvalue weighted by Gasteiger charge is 2.18. The minimum atomic E-state index is -0.181. The molecule has 6 heteroatoms. The molecule has 1 saturated heterocycles. The molecule has 0 unspecified atom stereocenters. The predicted molar refractivity (Wildman–Crippen MR) is 124 cm³/mol. The van der Waals surface area contributed by atoms with Crippen molar-refractivity contribution in [1.29, 1.82) is 0 Å². The number of anilines is 1. The maximum atomic E-state index is 12.5. The van der Waals surface area contributed by atoms with Crippen LogP contribution in [0.2, 0.25) is 5.02 Å². The van der Waals surface area contributed by atoms with Crippen molar-refractivity contribution < 1.29 is 0 Å². The number of piperazine rings is 1. The molecule has 1 aromatic heterocycles. The third kappa shape index (κ3) is 4.47. The van der Waals surface area contributed by atoms with E-state index in [2.05, 4.69) is 46.9 Å². The number of nitrogens with zero attached hydrogens (tertiary/aromatic N) is 3. The minimum absolute atomic E-state index is 0.181. The number of H-pyrrole nitrogens is 1. The number of benzene rings is 2. The summed E-state index contributed by atoms with van der Waals surface area (Å²) in [5, 5.41) is 3.49. The second-order valence-electron chi connectivity index (χ2n) is 8.08. The lowest BCUT2D eigenvalue weighted by Gasteiger charge is -2.36. The van der Waals surface area contributed by atoms with Gasteiger partial charge >= 0.3 is 0 Å². The molecule has 2 aromatic carbocycles. The van der Waals surface area contributed by atoms with Crippen LogP contribution in [0.4, 0.5) is 5.69 Å². The van der Waals surface area contributed by atoms with Crippen LogP contribution in [-0.2, 0) is 6.42 Å². The van der Waals surface area contributed by atoms with Gasteiger partial charge in [0.2, 0.25) is 0 Å². The lowest BCUT2D eigenvalue weighted by atomic mass is 10.1. The summed E-state index contributed by atoms with van der Waals surface area (Å²) >= 11 is 6.31. The van der Waals surface area contributed by atoms with E-state index in [-0.39, 0.29) is 5.56 Å². The highest BCUT2D eigenvalue weighted by molar-refractivity contribution is 6.31. The second kappa shape index (κ2) is 9.11. The minimum Gasteiger partial charge on any atom is -0.369 e. The molecule has 0 atom stereocenters. The summed E-state index contributed by atoms with van der Waals surface area (Å²) in [5.41, 5.74) is 5.46. The van der Waals surface area contributed by atoms with Crippen LogP contribution in [0.3, 0.4) is 0 Å². The molecule has 3 aromatic rings. The van der Waals surface area contributed by atoms with E-state index in [4.69, 9.17) is 11.6 Å². The Morgan fingerprint density at radius 1 is 0.933 bits per heavy atom. The molecule has 0 aliphatic carbocycles. The fraction of sp³-hybridized carbons (Fsp3) is 0.375. The maximum Gasteiger partial charge on any atom is 0.290 e.